The van der Waals surface area contributed by atoms with Crippen molar-refractivity contribution in [2.24, 2.45) is 11.0 Å². The zero-order valence-corrected chi connectivity index (χ0v) is 11.2. The van der Waals surface area contributed by atoms with Crippen LogP contribution in [0.3, 0.4) is 0 Å². The normalized spacial score (nSPS) is 11.4. The highest BCUT2D eigenvalue weighted by molar-refractivity contribution is 5.98. The van der Waals surface area contributed by atoms with Crippen LogP contribution in [0.1, 0.15) is 18.3 Å². The molecule has 0 amide bonds. The second-order valence-corrected chi connectivity index (χ2v) is 4.08. The first-order valence-corrected chi connectivity index (χ1v) is 6.10. The Morgan fingerprint density at radius 3 is 2.75 bits per heavy atom. The summed E-state index contributed by atoms with van der Waals surface area (Å²) in [6.45, 7) is 2.24. The van der Waals surface area contributed by atoms with Crippen molar-refractivity contribution in [3.8, 4) is 0 Å². The highest BCUT2D eigenvalue weighted by atomic mass is 16.6. The Balaban J connectivity index is 1.86. The molecule has 1 aromatic carbocycles. The predicted octanol–water partition coefficient (Wildman–Crippen LogP) is 0.261. The molecule has 0 saturated heterocycles. The first-order valence-electron chi connectivity index (χ1n) is 6.10. The van der Waals surface area contributed by atoms with Crippen LogP contribution in [0.4, 0.5) is 5.95 Å². The zero-order valence-electron chi connectivity index (χ0n) is 11.2. The molecule has 1 aromatic heterocycles. The van der Waals surface area contributed by atoms with E-state index in [0.717, 1.165) is 11.3 Å². The zero-order chi connectivity index (χ0) is 14.4. The Morgan fingerprint density at radius 1 is 1.35 bits per heavy atom. The van der Waals surface area contributed by atoms with E-state index in [1.807, 2.05) is 37.3 Å². The molecular formula is C12H17N7O. The van der Waals surface area contributed by atoms with E-state index in [2.05, 4.69) is 20.8 Å². The molecule has 0 spiro atoms. The third-order valence-corrected chi connectivity index (χ3v) is 2.71. The van der Waals surface area contributed by atoms with E-state index in [4.69, 9.17) is 16.5 Å². The van der Waals surface area contributed by atoms with Crippen LogP contribution in [0.25, 0.3) is 0 Å². The molecule has 8 nitrogen and oxygen atoms in total. The Morgan fingerprint density at radius 2 is 2.10 bits per heavy atom. The van der Waals surface area contributed by atoms with Crippen LogP contribution < -0.4 is 17.1 Å². The van der Waals surface area contributed by atoms with Crippen molar-refractivity contribution >= 4 is 11.7 Å². The first kappa shape index (κ1) is 13.8. The van der Waals surface area contributed by atoms with Gasteiger partial charge in [-0.1, -0.05) is 35.5 Å². The van der Waals surface area contributed by atoms with E-state index >= 15 is 0 Å². The number of nitrogens with one attached hydrogen (secondary N) is 1. The standard InChI is InChI=1S/C12H17N7O/c1-9(10-5-3-2-4-6-10)18-20-8-7-11-16-17-12(15-13)19(11)14/h2-6H,7-8,13-14H2,1H3,(H,15,17)/b18-9+. The topological polar surface area (TPSA) is 116 Å². The van der Waals surface area contributed by atoms with Crippen LogP contribution in [0.15, 0.2) is 35.5 Å². The highest BCUT2D eigenvalue weighted by Crippen LogP contribution is 2.03. The smallest absolute Gasteiger partial charge is 0.257 e. The SMILES string of the molecule is C/C(=N\OCCc1nnc(NN)n1N)c1ccccc1. The van der Waals surface area contributed by atoms with Crippen LogP contribution in [0.5, 0.6) is 0 Å². The summed E-state index contributed by atoms with van der Waals surface area (Å²) in [5.74, 6) is 11.8. The van der Waals surface area contributed by atoms with Gasteiger partial charge in [-0.15, -0.1) is 10.2 Å². The third-order valence-electron chi connectivity index (χ3n) is 2.71. The third kappa shape index (κ3) is 3.23. The molecule has 5 N–H and O–H groups in total. The van der Waals surface area contributed by atoms with Gasteiger partial charge in [-0.3, -0.25) is 5.43 Å². The molecule has 0 saturated carbocycles. The largest absolute Gasteiger partial charge is 0.395 e. The van der Waals surface area contributed by atoms with E-state index in [9.17, 15) is 0 Å². The summed E-state index contributed by atoms with van der Waals surface area (Å²) < 4.78 is 1.27. The average Bonchev–Trinajstić information content (AvgIpc) is 2.84. The molecule has 0 aliphatic rings. The lowest BCUT2D eigenvalue weighted by Crippen LogP contribution is -2.20. The fourth-order valence-electron chi connectivity index (χ4n) is 1.60. The van der Waals surface area contributed by atoms with Crippen molar-refractivity contribution in [3.05, 3.63) is 41.7 Å². The fourth-order valence-corrected chi connectivity index (χ4v) is 1.60. The van der Waals surface area contributed by atoms with Gasteiger partial charge in [0.2, 0.25) is 0 Å². The molecule has 8 heteroatoms. The number of benzene rings is 1. The van der Waals surface area contributed by atoms with Gasteiger partial charge >= 0.3 is 0 Å². The monoisotopic (exact) mass is 275 g/mol. The Kier molecular flexibility index (Phi) is 4.51. The maximum Gasteiger partial charge on any atom is 0.257 e. The van der Waals surface area contributed by atoms with Gasteiger partial charge in [0.05, 0.1) is 5.71 Å². The summed E-state index contributed by atoms with van der Waals surface area (Å²) in [5, 5.41) is 11.7. The van der Waals surface area contributed by atoms with Gasteiger partial charge in [0.15, 0.2) is 5.82 Å². The predicted molar refractivity (Wildman–Crippen MR) is 76.3 cm³/mol. The molecule has 0 atom stereocenters. The summed E-state index contributed by atoms with van der Waals surface area (Å²) in [4.78, 5) is 5.25. The van der Waals surface area contributed by atoms with Gasteiger partial charge in [0.1, 0.15) is 6.61 Å². The average molecular weight is 275 g/mol. The van der Waals surface area contributed by atoms with Crippen molar-refractivity contribution in [2.75, 3.05) is 17.9 Å². The van der Waals surface area contributed by atoms with Crippen molar-refractivity contribution < 1.29 is 4.84 Å². The Hall–Kier alpha value is -2.61. The molecule has 0 bridgehead atoms. The Bertz CT molecular complexity index is 579. The van der Waals surface area contributed by atoms with Gasteiger partial charge < -0.3 is 10.7 Å². The van der Waals surface area contributed by atoms with Crippen molar-refractivity contribution in [1.82, 2.24) is 14.9 Å². The quantitative estimate of drug-likeness (QED) is 0.301. The minimum Gasteiger partial charge on any atom is -0.395 e. The van der Waals surface area contributed by atoms with E-state index in [0.29, 0.717) is 24.8 Å². The Labute approximate surface area is 116 Å². The minimum atomic E-state index is 0.295. The molecular weight excluding hydrogens is 258 g/mol. The van der Waals surface area contributed by atoms with Gasteiger partial charge in [-0.2, -0.15) is 0 Å². The van der Waals surface area contributed by atoms with Crippen LogP contribution >= 0.6 is 0 Å². The van der Waals surface area contributed by atoms with E-state index in [-0.39, 0.29) is 0 Å². The van der Waals surface area contributed by atoms with Crippen molar-refractivity contribution in [3.63, 3.8) is 0 Å². The minimum absolute atomic E-state index is 0.295. The fraction of sp³-hybridized carbons (Fsp3) is 0.250. The number of aromatic nitrogens is 3. The van der Waals surface area contributed by atoms with E-state index in [1.165, 1.54) is 4.68 Å². The van der Waals surface area contributed by atoms with Crippen LogP contribution in [-0.2, 0) is 11.3 Å². The van der Waals surface area contributed by atoms with Gasteiger partial charge in [-0.25, -0.2) is 10.5 Å². The molecule has 2 aromatic rings. The van der Waals surface area contributed by atoms with Crippen LogP contribution in [0, 0.1) is 0 Å². The number of hydrazine groups is 1. The maximum atomic E-state index is 5.70. The second-order valence-electron chi connectivity index (χ2n) is 4.08. The molecule has 2 rings (SSSR count). The van der Waals surface area contributed by atoms with E-state index < -0.39 is 0 Å². The van der Waals surface area contributed by atoms with Gasteiger partial charge in [0.25, 0.3) is 5.95 Å². The molecule has 0 unspecified atom stereocenters. The van der Waals surface area contributed by atoms with Crippen LogP contribution in [0.2, 0.25) is 0 Å². The highest BCUT2D eigenvalue weighted by Gasteiger charge is 2.07. The van der Waals surface area contributed by atoms with Crippen molar-refractivity contribution in [2.45, 2.75) is 13.3 Å². The first-order chi connectivity index (χ1) is 9.72. The number of rotatable bonds is 6. The number of nitrogens with two attached hydrogens (primary N) is 2. The van der Waals surface area contributed by atoms with Gasteiger partial charge in [-0.05, 0) is 12.5 Å². The molecule has 0 aliphatic heterocycles. The molecule has 0 aliphatic carbocycles. The molecule has 106 valence electrons. The number of nitrogen functional groups attached to an aromatic ring is 2. The van der Waals surface area contributed by atoms with Gasteiger partial charge in [0, 0.05) is 6.42 Å². The summed E-state index contributed by atoms with van der Waals surface area (Å²) >= 11 is 0. The number of nitrogens with zero attached hydrogens (tertiary/aromatic N) is 4. The second kappa shape index (κ2) is 6.53. The lowest BCUT2D eigenvalue weighted by Gasteiger charge is -2.03. The molecule has 0 radical (unpaired) electrons. The lowest BCUT2D eigenvalue weighted by molar-refractivity contribution is 0.146. The molecule has 0 fully saturated rings. The van der Waals surface area contributed by atoms with E-state index in [1.54, 1.807) is 0 Å². The summed E-state index contributed by atoms with van der Waals surface area (Å²) in [6, 6.07) is 9.80. The van der Waals surface area contributed by atoms with Crippen molar-refractivity contribution in [1.29, 1.82) is 0 Å². The number of hydrogen-bond donors (Lipinski definition) is 3. The maximum absolute atomic E-state index is 5.70. The molecule has 20 heavy (non-hydrogen) atoms. The summed E-state index contributed by atoms with van der Waals surface area (Å²) in [5.41, 5.74) is 4.17. The lowest BCUT2D eigenvalue weighted by atomic mass is 10.1. The number of oxime groups is 1. The number of anilines is 1. The number of hydrogen-bond acceptors (Lipinski definition) is 7. The summed E-state index contributed by atoms with van der Waals surface area (Å²) in [7, 11) is 0. The molecule has 1 heterocycles. The summed E-state index contributed by atoms with van der Waals surface area (Å²) in [6.07, 6.45) is 0.483. The van der Waals surface area contributed by atoms with Crippen LogP contribution in [-0.4, -0.2) is 27.2 Å².